The van der Waals surface area contributed by atoms with Crippen molar-refractivity contribution in [3.63, 3.8) is 0 Å². The minimum atomic E-state index is -4.75. The second kappa shape index (κ2) is 9.86. The molecule has 3 aromatic rings. The molecule has 2 aromatic carbocycles. The van der Waals surface area contributed by atoms with Crippen LogP contribution in [0, 0.1) is 0 Å². The molecule has 0 unspecified atom stereocenters. The third-order valence-corrected chi connectivity index (χ3v) is 4.91. The van der Waals surface area contributed by atoms with Gasteiger partial charge in [0, 0.05) is 36.8 Å². The van der Waals surface area contributed by atoms with Crippen molar-refractivity contribution in [2.75, 3.05) is 36.5 Å². The van der Waals surface area contributed by atoms with E-state index in [-0.39, 0.29) is 12.2 Å². The van der Waals surface area contributed by atoms with Gasteiger partial charge in [-0.15, -0.1) is 13.2 Å². The first-order valence-electron chi connectivity index (χ1n) is 10.3. The minimum absolute atomic E-state index is 0.286. The number of benzene rings is 2. The third kappa shape index (κ3) is 6.19. The number of aromatic nitrogens is 2. The second-order valence-corrected chi connectivity index (χ2v) is 7.30. The number of nitrogens with zero attached hydrogens (tertiary/aromatic N) is 3. The Morgan fingerprint density at radius 1 is 1.06 bits per heavy atom. The zero-order valence-electron chi connectivity index (χ0n) is 17.5. The van der Waals surface area contributed by atoms with Gasteiger partial charge in [0.25, 0.3) is 0 Å². The second-order valence-electron chi connectivity index (χ2n) is 7.30. The van der Waals surface area contributed by atoms with Gasteiger partial charge in [-0.2, -0.15) is 0 Å². The number of hydrogen-bond donors (Lipinski definition) is 1. The van der Waals surface area contributed by atoms with Gasteiger partial charge in [0.1, 0.15) is 23.7 Å². The molecule has 1 aromatic heterocycles. The van der Waals surface area contributed by atoms with Crippen molar-refractivity contribution in [3.8, 4) is 17.1 Å². The molecule has 0 bridgehead atoms. The van der Waals surface area contributed by atoms with E-state index >= 15 is 0 Å². The predicted molar refractivity (Wildman–Crippen MR) is 117 cm³/mol. The van der Waals surface area contributed by atoms with Crippen molar-refractivity contribution in [1.29, 1.82) is 0 Å². The lowest BCUT2D eigenvalue weighted by Gasteiger charge is -2.28. The van der Waals surface area contributed by atoms with Crippen LogP contribution in [0.1, 0.15) is 5.56 Å². The summed E-state index contributed by atoms with van der Waals surface area (Å²) in [6.45, 7) is 2.50. The Bertz CT molecular complexity index is 1100. The summed E-state index contributed by atoms with van der Waals surface area (Å²) in [4.78, 5) is 22.3. The molecule has 0 amide bonds. The number of morpholine rings is 1. The normalized spacial score (nSPS) is 14.1. The van der Waals surface area contributed by atoms with E-state index in [4.69, 9.17) is 9.72 Å². The molecular weight excluding hydrogens is 437 g/mol. The van der Waals surface area contributed by atoms with E-state index in [0.29, 0.717) is 49.5 Å². The van der Waals surface area contributed by atoms with Crippen molar-refractivity contribution in [3.05, 3.63) is 60.2 Å². The molecule has 1 N–H and O–H groups in total. The molecule has 7 nitrogen and oxygen atoms in total. The van der Waals surface area contributed by atoms with E-state index in [1.165, 1.54) is 24.3 Å². The Morgan fingerprint density at radius 3 is 2.52 bits per heavy atom. The van der Waals surface area contributed by atoms with Crippen LogP contribution in [0.25, 0.3) is 11.4 Å². The smallest absolute Gasteiger partial charge is 0.406 e. The van der Waals surface area contributed by atoms with Crippen molar-refractivity contribution in [2.45, 2.75) is 12.8 Å². The van der Waals surface area contributed by atoms with Crippen molar-refractivity contribution < 1.29 is 27.4 Å². The lowest BCUT2D eigenvalue weighted by atomic mass is 10.1. The molecule has 1 aliphatic rings. The van der Waals surface area contributed by atoms with Crippen LogP contribution in [-0.4, -0.2) is 48.9 Å². The summed E-state index contributed by atoms with van der Waals surface area (Å²) < 4.78 is 46.6. The summed E-state index contributed by atoms with van der Waals surface area (Å²) in [6.07, 6.45) is -3.63. The molecule has 1 aliphatic heterocycles. The van der Waals surface area contributed by atoms with Crippen LogP contribution in [-0.2, 0) is 16.0 Å². The van der Waals surface area contributed by atoms with Crippen molar-refractivity contribution >= 4 is 23.6 Å². The van der Waals surface area contributed by atoms with Gasteiger partial charge in [0.05, 0.1) is 13.2 Å². The highest BCUT2D eigenvalue weighted by atomic mass is 19.4. The summed E-state index contributed by atoms with van der Waals surface area (Å²) in [5.41, 5.74) is 2.14. The van der Waals surface area contributed by atoms with Gasteiger partial charge in [0.15, 0.2) is 5.82 Å². The Hall–Kier alpha value is -3.66. The number of aldehydes is 1. The van der Waals surface area contributed by atoms with E-state index in [0.717, 1.165) is 17.4 Å². The highest BCUT2D eigenvalue weighted by molar-refractivity contribution is 5.67. The molecule has 10 heteroatoms. The number of anilines is 3. The number of ether oxygens (including phenoxy) is 2. The molecule has 2 heterocycles. The maximum absolute atomic E-state index is 12.4. The predicted octanol–water partition coefficient (Wildman–Crippen LogP) is 4.36. The average Bonchev–Trinajstić information content (AvgIpc) is 2.80. The van der Waals surface area contributed by atoms with Crippen LogP contribution in [0.15, 0.2) is 54.6 Å². The largest absolute Gasteiger partial charge is 0.573 e. The minimum Gasteiger partial charge on any atom is -0.406 e. The molecule has 1 saturated heterocycles. The van der Waals surface area contributed by atoms with Crippen LogP contribution >= 0.6 is 0 Å². The molecule has 0 saturated carbocycles. The van der Waals surface area contributed by atoms with E-state index < -0.39 is 6.36 Å². The molecule has 0 spiro atoms. The molecule has 0 atom stereocenters. The number of halogens is 3. The topological polar surface area (TPSA) is 76.6 Å². The Kier molecular flexibility index (Phi) is 6.74. The molecule has 0 aliphatic carbocycles. The molecule has 0 radical (unpaired) electrons. The maximum atomic E-state index is 12.4. The maximum Gasteiger partial charge on any atom is 0.573 e. The molecule has 1 fully saturated rings. The quantitative estimate of drug-likeness (QED) is 0.527. The summed E-state index contributed by atoms with van der Waals surface area (Å²) in [7, 11) is 0. The first-order chi connectivity index (χ1) is 15.9. The van der Waals surface area contributed by atoms with Crippen LogP contribution in [0.5, 0.6) is 5.75 Å². The summed E-state index contributed by atoms with van der Waals surface area (Å²) in [6, 6.07) is 14.6. The van der Waals surface area contributed by atoms with Gasteiger partial charge >= 0.3 is 6.36 Å². The lowest BCUT2D eigenvalue weighted by molar-refractivity contribution is -0.274. The van der Waals surface area contributed by atoms with Crippen LogP contribution in [0.4, 0.5) is 30.5 Å². The molecular formula is C23H21F3N4O3. The fraction of sp³-hybridized carbons (Fsp3) is 0.261. The summed E-state index contributed by atoms with van der Waals surface area (Å²) >= 11 is 0. The summed E-state index contributed by atoms with van der Waals surface area (Å²) in [5.74, 6) is 1.33. The van der Waals surface area contributed by atoms with Gasteiger partial charge in [-0.3, -0.25) is 0 Å². The van der Waals surface area contributed by atoms with Gasteiger partial charge < -0.3 is 24.5 Å². The molecule has 4 rings (SSSR count). The van der Waals surface area contributed by atoms with E-state index in [2.05, 4.69) is 19.9 Å². The van der Waals surface area contributed by atoms with Crippen LogP contribution in [0.2, 0.25) is 0 Å². The fourth-order valence-electron chi connectivity index (χ4n) is 3.40. The van der Waals surface area contributed by atoms with Crippen LogP contribution < -0.4 is 15.0 Å². The number of alkyl halides is 3. The van der Waals surface area contributed by atoms with Crippen LogP contribution in [0.3, 0.4) is 0 Å². The Morgan fingerprint density at radius 2 is 1.82 bits per heavy atom. The third-order valence-electron chi connectivity index (χ3n) is 4.91. The van der Waals surface area contributed by atoms with Crippen molar-refractivity contribution in [2.24, 2.45) is 0 Å². The first kappa shape index (κ1) is 22.5. The van der Waals surface area contributed by atoms with Crippen molar-refractivity contribution in [1.82, 2.24) is 9.97 Å². The fourth-order valence-corrected chi connectivity index (χ4v) is 3.40. The highest BCUT2D eigenvalue weighted by Gasteiger charge is 2.31. The standard InChI is InChI=1S/C23H21F3N4O3/c24-23(25,26)33-19-6-4-18(5-7-19)27-20-15-21(30-9-12-32-13-10-30)29-22(28-20)17-3-1-2-16(14-17)8-11-31/h1-7,11,14-15H,8-10,12-13H2,(H,27,28,29). The Labute approximate surface area is 188 Å². The number of nitrogens with one attached hydrogen (secondary N) is 1. The average molecular weight is 458 g/mol. The molecule has 33 heavy (non-hydrogen) atoms. The van der Waals surface area contributed by atoms with E-state index in [1.807, 2.05) is 24.3 Å². The number of carbonyl (C=O) groups excluding carboxylic acids is 1. The number of rotatable bonds is 7. The van der Waals surface area contributed by atoms with E-state index in [1.54, 1.807) is 6.07 Å². The van der Waals surface area contributed by atoms with Gasteiger partial charge in [-0.25, -0.2) is 9.97 Å². The zero-order chi connectivity index (χ0) is 23.3. The van der Waals surface area contributed by atoms with Gasteiger partial charge in [-0.1, -0.05) is 18.2 Å². The van der Waals surface area contributed by atoms with E-state index in [9.17, 15) is 18.0 Å². The van der Waals surface area contributed by atoms with Gasteiger partial charge in [0.2, 0.25) is 0 Å². The zero-order valence-corrected chi connectivity index (χ0v) is 17.5. The van der Waals surface area contributed by atoms with Gasteiger partial charge in [-0.05, 0) is 35.9 Å². The monoisotopic (exact) mass is 458 g/mol. The summed E-state index contributed by atoms with van der Waals surface area (Å²) in [5, 5.41) is 3.12. The number of carbonyl (C=O) groups is 1. The SMILES string of the molecule is O=CCc1cccc(-c2nc(Nc3ccc(OC(F)(F)F)cc3)cc(N3CCOCC3)n2)c1. The first-order valence-corrected chi connectivity index (χ1v) is 10.3. The number of hydrogen-bond acceptors (Lipinski definition) is 7. The molecule has 172 valence electrons. The highest BCUT2D eigenvalue weighted by Crippen LogP contribution is 2.28. The lowest BCUT2D eigenvalue weighted by Crippen LogP contribution is -2.36. The Balaban J connectivity index is 1.64.